The lowest BCUT2D eigenvalue weighted by molar-refractivity contribution is 0.640. The van der Waals surface area contributed by atoms with Gasteiger partial charge in [-0.2, -0.15) is 0 Å². The van der Waals surface area contributed by atoms with Crippen LogP contribution in [0.2, 0.25) is 0 Å². The van der Waals surface area contributed by atoms with Crippen LogP contribution in [0.5, 0.6) is 0 Å². The maximum atomic E-state index is 5.87. The van der Waals surface area contributed by atoms with Gasteiger partial charge in [-0.05, 0) is 11.1 Å². The summed E-state index contributed by atoms with van der Waals surface area (Å²) in [4.78, 5) is 0. The Morgan fingerprint density at radius 3 is 1.53 bits per heavy atom. The van der Waals surface area contributed by atoms with Gasteiger partial charge in [-0.1, -0.05) is 103 Å². The standard InChI is InChI=1S/C16H15Cl3/c1-15(2,12-6-4-3-5-7-12)13-8-10-14(11-9-13)16(17,18)19/h3-11H,1-2H3. The minimum absolute atomic E-state index is 0.0760. The number of hydrogen-bond donors (Lipinski definition) is 0. The van der Waals surface area contributed by atoms with Crippen molar-refractivity contribution in [3.63, 3.8) is 0 Å². The van der Waals surface area contributed by atoms with Crippen LogP contribution in [0.25, 0.3) is 0 Å². The molecule has 0 aliphatic heterocycles. The fourth-order valence-electron chi connectivity index (χ4n) is 2.10. The van der Waals surface area contributed by atoms with Gasteiger partial charge in [-0.3, -0.25) is 0 Å². The van der Waals surface area contributed by atoms with Crippen LogP contribution in [0.4, 0.5) is 0 Å². The van der Waals surface area contributed by atoms with Crippen LogP contribution in [0.15, 0.2) is 54.6 Å². The van der Waals surface area contributed by atoms with Crippen molar-refractivity contribution >= 4 is 34.8 Å². The Labute approximate surface area is 129 Å². The summed E-state index contributed by atoms with van der Waals surface area (Å²) in [6, 6.07) is 18.1. The van der Waals surface area contributed by atoms with Gasteiger partial charge in [0.2, 0.25) is 3.79 Å². The second-order valence-electron chi connectivity index (χ2n) is 5.07. The number of benzene rings is 2. The molecule has 0 radical (unpaired) electrons. The molecule has 0 fully saturated rings. The largest absolute Gasteiger partial charge is 0.216 e. The van der Waals surface area contributed by atoms with Gasteiger partial charge >= 0.3 is 0 Å². The summed E-state index contributed by atoms with van der Waals surface area (Å²) in [6.07, 6.45) is 0. The molecule has 0 aliphatic carbocycles. The van der Waals surface area contributed by atoms with E-state index in [2.05, 4.69) is 26.0 Å². The van der Waals surface area contributed by atoms with Crippen molar-refractivity contribution in [1.82, 2.24) is 0 Å². The molecular formula is C16H15Cl3. The van der Waals surface area contributed by atoms with Gasteiger partial charge in [0.05, 0.1) is 0 Å². The number of halogens is 3. The van der Waals surface area contributed by atoms with Gasteiger partial charge in [0.25, 0.3) is 0 Å². The van der Waals surface area contributed by atoms with Crippen molar-refractivity contribution in [1.29, 1.82) is 0 Å². The number of hydrogen-bond acceptors (Lipinski definition) is 0. The van der Waals surface area contributed by atoms with E-state index in [1.165, 1.54) is 11.1 Å². The van der Waals surface area contributed by atoms with Gasteiger partial charge in [-0.25, -0.2) is 0 Å². The summed E-state index contributed by atoms with van der Waals surface area (Å²) in [5.74, 6) is 0. The Hall–Kier alpha value is -0.690. The molecule has 0 saturated carbocycles. The topological polar surface area (TPSA) is 0 Å². The molecule has 2 aromatic carbocycles. The van der Waals surface area contributed by atoms with Gasteiger partial charge in [0.1, 0.15) is 0 Å². The molecule has 0 atom stereocenters. The maximum absolute atomic E-state index is 5.87. The SMILES string of the molecule is CC(C)(c1ccccc1)c1ccc(C(Cl)(Cl)Cl)cc1. The highest BCUT2D eigenvalue weighted by atomic mass is 35.6. The van der Waals surface area contributed by atoms with Gasteiger partial charge in [-0.15, -0.1) is 0 Å². The third-order valence-corrected chi connectivity index (χ3v) is 4.08. The molecule has 0 aliphatic rings. The molecule has 3 heteroatoms. The Morgan fingerprint density at radius 1 is 0.632 bits per heavy atom. The average Bonchev–Trinajstić information content (AvgIpc) is 2.39. The molecule has 0 saturated heterocycles. The normalized spacial score (nSPS) is 12.5. The average molecular weight is 314 g/mol. The Bertz CT molecular complexity index is 536. The van der Waals surface area contributed by atoms with Crippen LogP contribution in [0.3, 0.4) is 0 Å². The summed E-state index contributed by atoms with van der Waals surface area (Å²) in [5, 5.41) is 0. The first-order chi connectivity index (χ1) is 8.82. The van der Waals surface area contributed by atoms with Crippen LogP contribution >= 0.6 is 34.8 Å². The predicted octanol–water partition coefficient (Wildman–Crippen LogP) is 5.84. The van der Waals surface area contributed by atoms with Gasteiger partial charge in [0, 0.05) is 11.0 Å². The predicted molar refractivity (Wildman–Crippen MR) is 84.2 cm³/mol. The zero-order chi connectivity index (χ0) is 14.1. The quantitative estimate of drug-likeness (QED) is 0.611. The highest BCUT2D eigenvalue weighted by molar-refractivity contribution is 6.66. The maximum Gasteiger partial charge on any atom is 0.216 e. The van der Waals surface area contributed by atoms with E-state index in [1.807, 2.05) is 42.5 Å². The van der Waals surface area contributed by atoms with Gasteiger partial charge in [0.15, 0.2) is 0 Å². The van der Waals surface area contributed by atoms with Crippen LogP contribution in [0, 0.1) is 0 Å². The van der Waals surface area contributed by atoms with Crippen LogP contribution in [0.1, 0.15) is 30.5 Å². The highest BCUT2D eigenvalue weighted by Crippen LogP contribution is 2.39. The van der Waals surface area contributed by atoms with Crippen molar-refractivity contribution in [2.24, 2.45) is 0 Å². The molecule has 0 aromatic heterocycles. The first-order valence-electron chi connectivity index (χ1n) is 6.05. The lowest BCUT2D eigenvalue weighted by atomic mass is 9.78. The van der Waals surface area contributed by atoms with E-state index in [0.717, 1.165) is 0 Å². The summed E-state index contributed by atoms with van der Waals surface area (Å²) >= 11 is 17.6. The lowest BCUT2D eigenvalue weighted by Crippen LogP contribution is -2.18. The Kier molecular flexibility index (Phi) is 4.15. The first-order valence-corrected chi connectivity index (χ1v) is 7.18. The fourth-order valence-corrected chi connectivity index (χ4v) is 2.48. The van der Waals surface area contributed by atoms with Crippen LogP contribution < -0.4 is 0 Å². The van der Waals surface area contributed by atoms with Crippen molar-refractivity contribution in [3.8, 4) is 0 Å². The molecule has 2 rings (SSSR count). The second kappa shape index (κ2) is 5.36. The van der Waals surface area contributed by atoms with E-state index in [4.69, 9.17) is 34.8 Å². The molecular weight excluding hydrogens is 299 g/mol. The van der Waals surface area contributed by atoms with Crippen LogP contribution in [-0.2, 0) is 9.21 Å². The van der Waals surface area contributed by atoms with E-state index in [9.17, 15) is 0 Å². The number of rotatable bonds is 2. The van der Waals surface area contributed by atoms with E-state index in [-0.39, 0.29) is 5.41 Å². The minimum Gasteiger partial charge on any atom is -0.0784 e. The zero-order valence-electron chi connectivity index (χ0n) is 10.8. The first kappa shape index (κ1) is 14.7. The van der Waals surface area contributed by atoms with E-state index < -0.39 is 3.79 Å². The van der Waals surface area contributed by atoms with Crippen molar-refractivity contribution in [3.05, 3.63) is 71.3 Å². The number of alkyl halides is 3. The Morgan fingerprint density at radius 2 is 1.05 bits per heavy atom. The summed E-state index contributed by atoms with van der Waals surface area (Å²) in [5.41, 5.74) is 3.06. The lowest BCUT2D eigenvalue weighted by Gasteiger charge is -2.26. The minimum atomic E-state index is -1.37. The second-order valence-corrected chi connectivity index (χ2v) is 7.35. The third kappa shape index (κ3) is 3.25. The summed E-state index contributed by atoms with van der Waals surface area (Å²) in [7, 11) is 0. The molecule has 0 nitrogen and oxygen atoms in total. The van der Waals surface area contributed by atoms with E-state index in [0.29, 0.717) is 5.56 Å². The molecule has 2 aromatic rings. The molecule has 0 heterocycles. The van der Waals surface area contributed by atoms with Gasteiger partial charge < -0.3 is 0 Å². The molecule has 100 valence electrons. The molecule has 0 unspecified atom stereocenters. The molecule has 0 bridgehead atoms. The third-order valence-electron chi connectivity index (χ3n) is 3.43. The highest BCUT2D eigenvalue weighted by Gasteiger charge is 2.26. The van der Waals surface area contributed by atoms with Crippen molar-refractivity contribution < 1.29 is 0 Å². The summed E-state index contributed by atoms with van der Waals surface area (Å²) in [6.45, 7) is 4.37. The monoisotopic (exact) mass is 312 g/mol. The molecule has 0 amide bonds. The Balaban J connectivity index is 2.37. The van der Waals surface area contributed by atoms with Crippen molar-refractivity contribution in [2.45, 2.75) is 23.1 Å². The van der Waals surface area contributed by atoms with Crippen LogP contribution in [-0.4, -0.2) is 0 Å². The fraction of sp³-hybridized carbons (Fsp3) is 0.250. The molecule has 0 spiro atoms. The zero-order valence-corrected chi connectivity index (χ0v) is 13.1. The molecule has 0 N–H and O–H groups in total. The smallest absolute Gasteiger partial charge is 0.0784 e. The van der Waals surface area contributed by atoms with Crippen molar-refractivity contribution in [2.75, 3.05) is 0 Å². The summed E-state index contributed by atoms with van der Waals surface area (Å²) < 4.78 is -1.37. The van der Waals surface area contributed by atoms with E-state index >= 15 is 0 Å². The molecule has 19 heavy (non-hydrogen) atoms. The van der Waals surface area contributed by atoms with E-state index in [1.54, 1.807) is 0 Å².